The summed E-state index contributed by atoms with van der Waals surface area (Å²) in [6, 6.07) is 6.99. The van der Waals surface area contributed by atoms with Crippen LogP contribution >= 0.6 is 0 Å². The van der Waals surface area contributed by atoms with Gasteiger partial charge in [0, 0.05) is 17.8 Å². The SMILES string of the molecule is O=C(N/N=C\c1ccc(O)cc1O)c1ccc(/C=N\O)nc1. The highest BCUT2D eigenvalue weighted by molar-refractivity contribution is 5.95. The second-order valence-corrected chi connectivity index (χ2v) is 4.16. The van der Waals surface area contributed by atoms with E-state index in [4.69, 9.17) is 10.3 Å². The predicted molar refractivity (Wildman–Crippen MR) is 78.4 cm³/mol. The number of amides is 1. The quantitative estimate of drug-likeness (QED) is 0.381. The third kappa shape index (κ3) is 3.79. The largest absolute Gasteiger partial charge is 0.508 e. The van der Waals surface area contributed by atoms with E-state index in [9.17, 15) is 9.90 Å². The van der Waals surface area contributed by atoms with Crippen LogP contribution in [0.5, 0.6) is 11.5 Å². The van der Waals surface area contributed by atoms with Crippen LogP contribution in [0.4, 0.5) is 0 Å². The second-order valence-electron chi connectivity index (χ2n) is 4.16. The molecule has 0 aliphatic rings. The van der Waals surface area contributed by atoms with E-state index in [0.717, 1.165) is 12.3 Å². The molecule has 8 heteroatoms. The number of carbonyl (C=O) groups excluding carboxylic acids is 1. The molecule has 0 atom stereocenters. The summed E-state index contributed by atoms with van der Waals surface area (Å²) in [6.45, 7) is 0. The van der Waals surface area contributed by atoms with Crippen molar-refractivity contribution in [2.45, 2.75) is 0 Å². The minimum atomic E-state index is -0.491. The van der Waals surface area contributed by atoms with Gasteiger partial charge in [-0.2, -0.15) is 5.10 Å². The van der Waals surface area contributed by atoms with Gasteiger partial charge < -0.3 is 15.4 Å². The lowest BCUT2D eigenvalue weighted by atomic mass is 10.2. The lowest BCUT2D eigenvalue weighted by Crippen LogP contribution is -2.17. The number of phenols is 2. The van der Waals surface area contributed by atoms with Crippen LogP contribution in [0, 0.1) is 0 Å². The number of phenolic OH excluding ortho intramolecular Hbond substituents is 2. The number of nitrogens with zero attached hydrogens (tertiary/aromatic N) is 3. The Labute approximate surface area is 125 Å². The zero-order valence-corrected chi connectivity index (χ0v) is 11.2. The van der Waals surface area contributed by atoms with Crippen molar-refractivity contribution in [1.82, 2.24) is 10.4 Å². The lowest BCUT2D eigenvalue weighted by Gasteiger charge is -2.01. The summed E-state index contributed by atoms with van der Waals surface area (Å²) in [6.07, 6.45) is 3.68. The first kappa shape index (κ1) is 15.0. The van der Waals surface area contributed by atoms with Gasteiger partial charge in [-0.3, -0.25) is 9.78 Å². The highest BCUT2D eigenvalue weighted by Gasteiger charge is 2.05. The Bertz CT molecular complexity index is 726. The minimum Gasteiger partial charge on any atom is -0.508 e. The van der Waals surface area contributed by atoms with Crippen LogP contribution in [0.25, 0.3) is 0 Å². The van der Waals surface area contributed by atoms with Gasteiger partial charge in [-0.25, -0.2) is 5.43 Å². The Morgan fingerprint density at radius 1 is 1.18 bits per heavy atom. The maximum absolute atomic E-state index is 11.8. The lowest BCUT2D eigenvalue weighted by molar-refractivity contribution is 0.0954. The maximum Gasteiger partial charge on any atom is 0.272 e. The number of hydrogen-bond donors (Lipinski definition) is 4. The Balaban J connectivity index is 2.01. The minimum absolute atomic E-state index is 0.0729. The summed E-state index contributed by atoms with van der Waals surface area (Å²) in [7, 11) is 0. The van der Waals surface area contributed by atoms with E-state index in [-0.39, 0.29) is 17.1 Å². The number of carbonyl (C=O) groups is 1. The molecule has 112 valence electrons. The summed E-state index contributed by atoms with van der Waals surface area (Å²) in [5, 5.41) is 33.6. The molecule has 1 amide bonds. The molecule has 4 N–H and O–H groups in total. The number of aromatic hydroxyl groups is 2. The number of hydrazone groups is 1. The molecule has 2 rings (SSSR count). The van der Waals surface area contributed by atoms with Crippen molar-refractivity contribution in [1.29, 1.82) is 0 Å². The number of hydrogen-bond acceptors (Lipinski definition) is 7. The van der Waals surface area contributed by atoms with Crippen LogP contribution in [0.2, 0.25) is 0 Å². The maximum atomic E-state index is 11.8. The summed E-state index contributed by atoms with van der Waals surface area (Å²) in [4.78, 5) is 15.7. The van der Waals surface area contributed by atoms with Gasteiger partial charge in [0.1, 0.15) is 11.5 Å². The normalized spacial score (nSPS) is 11.1. The summed E-state index contributed by atoms with van der Waals surface area (Å²) in [5.74, 6) is -0.724. The van der Waals surface area contributed by atoms with Crippen LogP contribution in [-0.4, -0.2) is 38.7 Å². The Morgan fingerprint density at radius 3 is 2.64 bits per heavy atom. The van der Waals surface area contributed by atoms with Crippen LogP contribution in [-0.2, 0) is 0 Å². The second kappa shape index (κ2) is 6.84. The van der Waals surface area contributed by atoms with Crippen LogP contribution in [0.1, 0.15) is 21.6 Å². The van der Waals surface area contributed by atoms with Crippen molar-refractivity contribution in [2.24, 2.45) is 10.3 Å². The van der Waals surface area contributed by atoms with Crippen molar-refractivity contribution < 1.29 is 20.2 Å². The van der Waals surface area contributed by atoms with E-state index in [1.807, 2.05) is 0 Å². The van der Waals surface area contributed by atoms with Crippen molar-refractivity contribution in [3.8, 4) is 11.5 Å². The molecule has 0 fully saturated rings. The van der Waals surface area contributed by atoms with Gasteiger partial charge in [-0.05, 0) is 24.3 Å². The van der Waals surface area contributed by atoms with Crippen molar-refractivity contribution >= 4 is 18.3 Å². The van der Waals surface area contributed by atoms with E-state index in [0.29, 0.717) is 11.3 Å². The van der Waals surface area contributed by atoms with Gasteiger partial charge in [-0.1, -0.05) is 5.16 Å². The number of benzene rings is 1. The molecule has 0 aliphatic heterocycles. The van der Waals surface area contributed by atoms with Crippen molar-refractivity contribution in [3.05, 3.63) is 53.3 Å². The molecule has 0 unspecified atom stereocenters. The fourth-order valence-corrected chi connectivity index (χ4v) is 1.54. The van der Waals surface area contributed by atoms with E-state index >= 15 is 0 Å². The van der Waals surface area contributed by atoms with E-state index in [2.05, 4.69) is 20.7 Å². The number of aromatic nitrogens is 1. The molecule has 8 nitrogen and oxygen atoms in total. The third-order valence-electron chi connectivity index (χ3n) is 2.62. The molecule has 1 heterocycles. The fourth-order valence-electron chi connectivity index (χ4n) is 1.54. The number of nitrogens with one attached hydrogen (secondary N) is 1. The van der Waals surface area contributed by atoms with Crippen molar-refractivity contribution in [3.63, 3.8) is 0 Å². The molecule has 0 saturated heterocycles. The zero-order valence-electron chi connectivity index (χ0n) is 11.2. The Morgan fingerprint density at radius 2 is 2.00 bits per heavy atom. The average Bonchev–Trinajstić information content (AvgIpc) is 2.50. The first-order chi connectivity index (χ1) is 10.6. The average molecular weight is 300 g/mol. The molecule has 1 aromatic carbocycles. The van der Waals surface area contributed by atoms with Crippen molar-refractivity contribution in [2.75, 3.05) is 0 Å². The van der Waals surface area contributed by atoms with Gasteiger partial charge in [0.05, 0.1) is 23.7 Å². The number of oxime groups is 1. The van der Waals surface area contributed by atoms with Gasteiger partial charge in [-0.15, -0.1) is 0 Å². The molecule has 2 aromatic rings. The molecular weight excluding hydrogens is 288 g/mol. The molecule has 0 saturated carbocycles. The van der Waals surface area contributed by atoms with Crippen LogP contribution < -0.4 is 5.43 Å². The Hall–Kier alpha value is -3.42. The molecule has 1 aromatic heterocycles. The van der Waals surface area contributed by atoms with Gasteiger partial charge in [0.15, 0.2) is 0 Å². The van der Waals surface area contributed by atoms with Gasteiger partial charge in [0.2, 0.25) is 0 Å². The van der Waals surface area contributed by atoms with Gasteiger partial charge >= 0.3 is 0 Å². The summed E-state index contributed by atoms with van der Waals surface area (Å²) >= 11 is 0. The topological polar surface area (TPSA) is 127 Å². The molecular formula is C14H12N4O4. The van der Waals surface area contributed by atoms with E-state index < -0.39 is 5.91 Å². The third-order valence-corrected chi connectivity index (χ3v) is 2.62. The highest BCUT2D eigenvalue weighted by Crippen LogP contribution is 2.20. The standard InChI is InChI=1S/C14H12N4O4/c19-12-4-2-9(13(20)5-12)7-16-18-14(21)10-1-3-11(8-17-22)15-6-10/h1-8,19-20,22H,(H,18,21)/b16-7-,17-8-. The van der Waals surface area contributed by atoms with E-state index in [1.54, 1.807) is 0 Å². The summed E-state index contributed by atoms with van der Waals surface area (Å²) in [5.41, 5.74) is 3.28. The Kier molecular flexibility index (Phi) is 4.66. The molecule has 22 heavy (non-hydrogen) atoms. The monoisotopic (exact) mass is 300 g/mol. The highest BCUT2D eigenvalue weighted by atomic mass is 16.4. The first-order valence-corrected chi connectivity index (χ1v) is 6.09. The first-order valence-electron chi connectivity index (χ1n) is 6.09. The fraction of sp³-hybridized carbons (Fsp3) is 0. The molecule has 0 spiro atoms. The number of pyridine rings is 1. The smallest absolute Gasteiger partial charge is 0.272 e. The van der Waals surface area contributed by atoms with Gasteiger partial charge in [0.25, 0.3) is 5.91 Å². The molecule has 0 radical (unpaired) electrons. The number of rotatable bonds is 4. The van der Waals surface area contributed by atoms with Crippen LogP contribution in [0.3, 0.4) is 0 Å². The molecule has 0 aliphatic carbocycles. The van der Waals surface area contributed by atoms with E-state index in [1.165, 1.54) is 36.7 Å². The van der Waals surface area contributed by atoms with Crippen LogP contribution in [0.15, 0.2) is 46.8 Å². The summed E-state index contributed by atoms with van der Waals surface area (Å²) < 4.78 is 0. The zero-order chi connectivity index (χ0) is 15.9. The predicted octanol–water partition coefficient (Wildman–Crippen LogP) is 1.06. The molecule has 0 bridgehead atoms.